The normalized spacial score (nSPS) is 12.8. The highest BCUT2D eigenvalue weighted by atomic mass is 16.6. The Bertz CT molecular complexity index is 1360. The maximum Gasteiger partial charge on any atom is 0.306 e. The van der Waals surface area contributed by atoms with Crippen LogP contribution in [0.25, 0.3) is 0 Å². The van der Waals surface area contributed by atoms with Crippen molar-refractivity contribution in [3.8, 4) is 0 Å². The van der Waals surface area contributed by atoms with Crippen molar-refractivity contribution in [2.24, 2.45) is 0 Å². The third-order valence-electron chi connectivity index (χ3n) is 11.9. The highest BCUT2D eigenvalue weighted by molar-refractivity contribution is 5.71. The number of carbonyl (C=O) groups excluding carboxylic acids is 3. The lowest BCUT2D eigenvalue weighted by molar-refractivity contribution is -0.167. The van der Waals surface area contributed by atoms with Crippen LogP contribution in [0.1, 0.15) is 258 Å². The van der Waals surface area contributed by atoms with Crippen LogP contribution in [0.2, 0.25) is 0 Å². The summed E-state index contributed by atoms with van der Waals surface area (Å²) in [4.78, 5) is 38.1. The quantitative estimate of drug-likeness (QED) is 0.0262. The molecule has 0 heterocycles. The summed E-state index contributed by atoms with van der Waals surface area (Å²) in [6.45, 7) is 6.43. The summed E-state index contributed by atoms with van der Waals surface area (Å²) in [6.07, 6.45) is 73.9. The van der Waals surface area contributed by atoms with Gasteiger partial charge in [0.2, 0.25) is 0 Å². The van der Waals surface area contributed by atoms with Crippen LogP contribution < -0.4 is 0 Å². The molecule has 0 radical (unpaired) electrons. The minimum atomic E-state index is -0.804. The summed E-state index contributed by atoms with van der Waals surface area (Å²) in [5.41, 5.74) is 0. The maximum atomic E-state index is 12.8. The summed E-state index contributed by atoms with van der Waals surface area (Å²) < 4.78 is 16.8. The van der Waals surface area contributed by atoms with Gasteiger partial charge in [0.15, 0.2) is 6.10 Å². The number of esters is 3. The Morgan fingerprint density at radius 2 is 0.574 bits per heavy atom. The molecule has 6 heteroatoms. The van der Waals surface area contributed by atoms with Gasteiger partial charge in [0.05, 0.1) is 0 Å². The van der Waals surface area contributed by atoms with E-state index in [4.69, 9.17) is 14.2 Å². The minimum Gasteiger partial charge on any atom is -0.462 e. The zero-order chi connectivity index (χ0) is 49.3. The number of unbranched alkanes of at least 4 members (excludes halogenated alkanes) is 28. The van der Waals surface area contributed by atoms with Crippen LogP contribution in [-0.4, -0.2) is 37.2 Å². The van der Waals surface area contributed by atoms with Crippen molar-refractivity contribution in [2.75, 3.05) is 13.2 Å². The number of carbonyl (C=O) groups is 3. The Morgan fingerprint density at radius 1 is 0.309 bits per heavy atom. The summed E-state index contributed by atoms with van der Waals surface area (Å²) in [5, 5.41) is 0. The molecule has 388 valence electrons. The summed E-state index contributed by atoms with van der Waals surface area (Å²) in [6, 6.07) is 0. The third kappa shape index (κ3) is 53.3. The van der Waals surface area contributed by atoms with E-state index in [9.17, 15) is 14.4 Å². The smallest absolute Gasteiger partial charge is 0.306 e. The molecule has 0 aliphatic heterocycles. The average Bonchev–Trinajstić information content (AvgIpc) is 3.34. The van der Waals surface area contributed by atoms with Gasteiger partial charge in [0.25, 0.3) is 0 Å². The molecule has 68 heavy (non-hydrogen) atoms. The molecule has 0 rings (SSSR count). The van der Waals surface area contributed by atoms with E-state index in [0.29, 0.717) is 12.8 Å². The van der Waals surface area contributed by atoms with Crippen LogP contribution >= 0.6 is 0 Å². The van der Waals surface area contributed by atoms with Gasteiger partial charge in [-0.15, -0.1) is 0 Å². The molecule has 0 aliphatic rings. The Balaban J connectivity index is 4.46. The van der Waals surface area contributed by atoms with Gasteiger partial charge in [-0.1, -0.05) is 246 Å². The summed E-state index contributed by atoms with van der Waals surface area (Å²) in [5.74, 6) is -0.950. The standard InChI is InChI=1S/C62H104O6/c1-4-7-10-13-16-19-22-25-28-30-31-32-35-37-40-43-46-49-52-55-61(64)67-58-59(57-66-60(63)54-51-48-45-42-39-36-33-27-24-21-18-15-12-9-6-3)68-62(65)56-53-50-47-44-41-38-34-29-26-23-20-17-14-11-8-5-2/h9,12,15-16,18-19,21-22,24-25,27,29,33-34,38,41,59H,4-8,10-11,13-14,17,20,23,26,28,30-32,35-37,39-40,42-58H2,1-3H3/b12-9-,18-15-,19-16-,24-21-,25-22-,33-27-,34-29-,41-38-. The molecule has 0 saturated carbocycles. The molecule has 0 N–H and O–H groups in total. The molecule has 6 nitrogen and oxygen atoms in total. The van der Waals surface area contributed by atoms with Crippen LogP contribution in [0.5, 0.6) is 0 Å². The van der Waals surface area contributed by atoms with E-state index in [1.807, 2.05) is 18.2 Å². The third-order valence-corrected chi connectivity index (χ3v) is 11.9. The van der Waals surface area contributed by atoms with Crippen LogP contribution in [-0.2, 0) is 28.6 Å². The van der Waals surface area contributed by atoms with Crippen molar-refractivity contribution in [1.82, 2.24) is 0 Å². The Hall–Kier alpha value is -3.67. The zero-order valence-corrected chi connectivity index (χ0v) is 44.3. The first-order valence-corrected chi connectivity index (χ1v) is 28.3. The van der Waals surface area contributed by atoms with Gasteiger partial charge in [-0.2, -0.15) is 0 Å². The predicted molar refractivity (Wildman–Crippen MR) is 293 cm³/mol. The lowest BCUT2D eigenvalue weighted by Crippen LogP contribution is -2.30. The predicted octanol–water partition coefficient (Wildman–Crippen LogP) is 18.9. The molecule has 1 unspecified atom stereocenters. The van der Waals surface area contributed by atoms with Gasteiger partial charge in [-0.25, -0.2) is 0 Å². The van der Waals surface area contributed by atoms with Gasteiger partial charge < -0.3 is 14.2 Å². The molecular formula is C62H104O6. The number of allylic oxidation sites excluding steroid dienone is 16. The van der Waals surface area contributed by atoms with Gasteiger partial charge in [0.1, 0.15) is 13.2 Å². The number of hydrogen-bond donors (Lipinski definition) is 0. The van der Waals surface area contributed by atoms with Crippen LogP contribution in [0.3, 0.4) is 0 Å². The summed E-state index contributed by atoms with van der Waals surface area (Å²) in [7, 11) is 0. The van der Waals surface area contributed by atoms with E-state index in [1.165, 1.54) is 122 Å². The first kappa shape index (κ1) is 64.3. The molecule has 0 saturated heterocycles. The van der Waals surface area contributed by atoms with Gasteiger partial charge >= 0.3 is 17.9 Å². The van der Waals surface area contributed by atoms with Crippen molar-refractivity contribution in [3.05, 3.63) is 97.2 Å². The van der Waals surface area contributed by atoms with Crippen molar-refractivity contribution < 1.29 is 28.6 Å². The van der Waals surface area contributed by atoms with Gasteiger partial charge in [-0.3, -0.25) is 14.4 Å². The van der Waals surface area contributed by atoms with Gasteiger partial charge in [-0.05, 0) is 89.9 Å². The molecule has 0 bridgehead atoms. The zero-order valence-electron chi connectivity index (χ0n) is 44.3. The number of ether oxygens (including phenoxy) is 3. The fourth-order valence-corrected chi connectivity index (χ4v) is 7.67. The second-order valence-corrected chi connectivity index (χ2v) is 18.6. The first-order valence-electron chi connectivity index (χ1n) is 28.3. The molecule has 0 aromatic carbocycles. The molecule has 0 aromatic rings. The van der Waals surface area contributed by atoms with Crippen molar-refractivity contribution in [3.63, 3.8) is 0 Å². The van der Waals surface area contributed by atoms with Crippen LogP contribution in [0.4, 0.5) is 0 Å². The van der Waals surface area contributed by atoms with E-state index in [0.717, 1.165) is 96.3 Å². The van der Waals surface area contributed by atoms with Crippen molar-refractivity contribution >= 4 is 17.9 Å². The lowest BCUT2D eigenvalue weighted by Gasteiger charge is -2.18. The largest absolute Gasteiger partial charge is 0.462 e. The van der Waals surface area contributed by atoms with E-state index >= 15 is 0 Å². The van der Waals surface area contributed by atoms with Gasteiger partial charge in [0, 0.05) is 19.3 Å². The Kier molecular flexibility index (Phi) is 52.9. The highest BCUT2D eigenvalue weighted by Gasteiger charge is 2.19. The topological polar surface area (TPSA) is 78.9 Å². The van der Waals surface area contributed by atoms with E-state index in [-0.39, 0.29) is 37.5 Å². The number of rotatable bonds is 50. The Labute approximate surface area is 419 Å². The lowest BCUT2D eigenvalue weighted by atomic mass is 10.1. The molecule has 0 fully saturated rings. The monoisotopic (exact) mass is 945 g/mol. The maximum absolute atomic E-state index is 12.8. The fraction of sp³-hybridized carbons (Fsp3) is 0.694. The van der Waals surface area contributed by atoms with E-state index in [1.54, 1.807) is 0 Å². The van der Waals surface area contributed by atoms with Crippen LogP contribution in [0, 0.1) is 0 Å². The Morgan fingerprint density at radius 3 is 0.956 bits per heavy atom. The summed E-state index contributed by atoms with van der Waals surface area (Å²) >= 11 is 0. The van der Waals surface area contributed by atoms with E-state index in [2.05, 4.69) is 99.8 Å². The van der Waals surface area contributed by atoms with Crippen molar-refractivity contribution in [1.29, 1.82) is 0 Å². The number of hydrogen-bond acceptors (Lipinski definition) is 6. The highest BCUT2D eigenvalue weighted by Crippen LogP contribution is 2.15. The molecule has 0 aromatic heterocycles. The van der Waals surface area contributed by atoms with Crippen molar-refractivity contribution in [2.45, 2.75) is 264 Å². The molecule has 0 spiro atoms. The molecular weight excluding hydrogens is 841 g/mol. The SMILES string of the molecule is CC\C=C/C=C\C=C/C=C\CCCCCCCC(=O)OCC(COC(=O)CCCCCCCCCCCC/C=C\C=C/CCCCC)OC(=O)CCCCC/C=C\C=C/CCCCCCCCC. The molecule has 1 atom stereocenters. The molecule has 0 amide bonds. The average molecular weight is 946 g/mol. The fourth-order valence-electron chi connectivity index (χ4n) is 7.67. The van der Waals surface area contributed by atoms with Crippen LogP contribution in [0.15, 0.2) is 97.2 Å². The second kappa shape index (κ2) is 55.9. The first-order chi connectivity index (χ1) is 33.5. The second-order valence-electron chi connectivity index (χ2n) is 18.6. The minimum absolute atomic E-state index is 0.0984. The van der Waals surface area contributed by atoms with E-state index < -0.39 is 6.10 Å². The molecule has 0 aliphatic carbocycles.